The molecule has 0 aliphatic carbocycles. The number of rotatable bonds is 9. The predicted octanol–water partition coefficient (Wildman–Crippen LogP) is 1.57. The van der Waals surface area contributed by atoms with Crippen LogP contribution in [-0.2, 0) is 9.59 Å². The lowest BCUT2D eigenvalue weighted by Crippen LogP contribution is -3.13. The molecule has 26 heavy (non-hydrogen) atoms. The first kappa shape index (κ1) is 19.5. The summed E-state index contributed by atoms with van der Waals surface area (Å²) in [6.45, 7) is 6.04. The van der Waals surface area contributed by atoms with Crippen LogP contribution in [0.5, 0.6) is 5.75 Å². The van der Waals surface area contributed by atoms with Crippen LogP contribution < -0.4 is 20.3 Å². The Balaban J connectivity index is 1.76. The molecule has 1 unspecified atom stereocenters. The number of carbonyl (C=O) groups excluding carboxylic acids is 2. The molecule has 2 amide bonds. The van der Waals surface area contributed by atoms with Crippen molar-refractivity contribution in [1.82, 2.24) is 0 Å². The van der Waals surface area contributed by atoms with Gasteiger partial charge in [-0.15, -0.1) is 0 Å². The minimum Gasteiger partial charge on any atom is -0.488 e. The van der Waals surface area contributed by atoms with Crippen molar-refractivity contribution in [2.45, 2.75) is 13.8 Å². The lowest BCUT2D eigenvalue weighted by Gasteiger charge is -2.17. The Hall–Kier alpha value is -2.86. The summed E-state index contributed by atoms with van der Waals surface area (Å²) < 4.78 is 5.70. The third-order valence-corrected chi connectivity index (χ3v) is 3.87. The number of carbonyl (C=O) groups is 2. The lowest BCUT2D eigenvalue weighted by molar-refractivity contribution is -0.889. The highest BCUT2D eigenvalue weighted by Gasteiger charge is 2.13. The maximum absolute atomic E-state index is 12.2. The largest absolute Gasteiger partial charge is 0.488 e. The minimum atomic E-state index is -0.123. The second-order valence-corrected chi connectivity index (χ2v) is 6.00. The number of para-hydroxylation sites is 1. The van der Waals surface area contributed by atoms with Crippen molar-refractivity contribution in [3.05, 3.63) is 54.6 Å². The number of ether oxygens (including phenoxy) is 1. The van der Waals surface area contributed by atoms with E-state index in [9.17, 15) is 9.59 Å². The highest BCUT2D eigenvalue weighted by atomic mass is 16.5. The minimum absolute atomic E-state index is 0.0474. The van der Waals surface area contributed by atoms with E-state index in [-0.39, 0.29) is 11.8 Å². The molecule has 0 spiro atoms. The predicted molar refractivity (Wildman–Crippen MR) is 103 cm³/mol. The summed E-state index contributed by atoms with van der Waals surface area (Å²) in [4.78, 5) is 24.4. The van der Waals surface area contributed by atoms with Gasteiger partial charge in [0.05, 0.1) is 6.54 Å². The smallest absolute Gasteiger partial charge is 0.279 e. The van der Waals surface area contributed by atoms with Gasteiger partial charge in [0, 0.05) is 18.3 Å². The van der Waals surface area contributed by atoms with Crippen LogP contribution in [0.2, 0.25) is 0 Å². The van der Waals surface area contributed by atoms with E-state index in [1.54, 1.807) is 24.3 Å². The standard InChI is InChI=1S/C20H25N3O3/c1-3-23(13-14-26-19-7-5-4-6-8-19)15-20(25)22-18-11-9-17(10-12-18)21-16(2)24/h4-12H,3,13-15H2,1-2H3,(H,21,24)(H,22,25)/p+1. The van der Waals surface area contributed by atoms with Gasteiger partial charge in [0.1, 0.15) is 18.9 Å². The Morgan fingerprint density at radius 3 is 2.15 bits per heavy atom. The van der Waals surface area contributed by atoms with Gasteiger partial charge < -0.3 is 20.3 Å². The van der Waals surface area contributed by atoms with Crippen molar-refractivity contribution in [3.8, 4) is 5.75 Å². The van der Waals surface area contributed by atoms with E-state index in [1.165, 1.54) is 6.92 Å². The molecule has 0 heterocycles. The van der Waals surface area contributed by atoms with Gasteiger partial charge in [-0.25, -0.2) is 0 Å². The number of quaternary nitrogens is 1. The zero-order valence-electron chi connectivity index (χ0n) is 15.2. The van der Waals surface area contributed by atoms with E-state index in [2.05, 4.69) is 10.6 Å². The zero-order valence-corrected chi connectivity index (χ0v) is 15.2. The molecule has 0 bridgehead atoms. The fourth-order valence-corrected chi connectivity index (χ4v) is 2.49. The number of amides is 2. The zero-order chi connectivity index (χ0) is 18.8. The van der Waals surface area contributed by atoms with Crippen LogP contribution in [0.1, 0.15) is 13.8 Å². The average Bonchev–Trinajstić information content (AvgIpc) is 2.63. The fraction of sp³-hybridized carbons (Fsp3) is 0.300. The van der Waals surface area contributed by atoms with Crippen LogP contribution in [0.4, 0.5) is 11.4 Å². The molecule has 0 saturated heterocycles. The number of likely N-dealkylation sites (N-methyl/N-ethyl adjacent to an activating group) is 1. The molecule has 2 rings (SSSR count). The first-order chi connectivity index (χ1) is 12.6. The van der Waals surface area contributed by atoms with Crippen LogP contribution in [-0.4, -0.2) is 38.1 Å². The molecule has 0 aliphatic heterocycles. The quantitative estimate of drug-likeness (QED) is 0.639. The topological polar surface area (TPSA) is 71.9 Å². The first-order valence-electron chi connectivity index (χ1n) is 8.75. The highest BCUT2D eigenvalue weighted by Crippen LogP contribution is 2.13. The molecule has 6 nitrogen and oxygen atoms in total. The molecule has 138 valence electrons. The van der Waals surface area contributed by atoms with Gasteiger partial charge in [0.15, 0.2) is 6.54 Å². The van der Waals surface area contributed by atoms with Crippen molar-refractivity contribution in [2.24, 2.45) is 0 Å². The number of nitrogens with one attached hydrogen (secondary N) is 3. The van der Waals surface area contributed by atoms with Crippen molar-refractivity contribution in [3.63, 3.8) is 0 Å². The van der Waals surface area contributed by atoms with Gasteiger partial charge in [0.25, 0.3) is 5.91 Å². The maximum Gasteiger partial charge on any atom is 0.279 e. The van der Waals surface area contributed by atoms with E-state index in [0.717, 1.165) is 23.7 Å². The number of hydrogen-bond donors (Lipinski definition) is 3. The Kier molecular flexibility index (Phi) is 7.64. The van der Waals surface area contributed by atoms with Crippen LogP contribution in [0.25, 0.3) is 0 Å². The van der Waals surface area contributed by atoms with Gasteiger partial charge in [0.2, 0.25) is 5.91 Å². The van der Waals surface area contributed by atoms with Gasteiger partial charge in [-0.3, -0.25) is 9.59 Å². The highest BCUT2D eigenvalue weighted by molar-refractivity contribution is 5.92. The van der Waals surface area contributed by atoms with Crippen LogP contribution in [0.3, 0.4) is 0 Å². The molecule has 3 N–H and O–H groups in total. The molecule has 0 radical (unpaired) electrons. The summed E-state index contributed by atoms with van der Waals surface area (Å²) in [5.41, 5.74) is 1.41. The van der Waals surface area contributed by atoms with Crippen LogP contribution >= 0.6 is 0 Å². The summed E-state index contributed by atoms with van der Waals surface area (Å²) in [7, 11) is 0. The van der Waals surface area contributed by atoms with E-state index in [1.807, 2.05) is 37.3 Å². The number of anilines is 2. The van der Waals surface area contributed by atoms with Crippen molar-refractivity contribution in [2.75, 3.05) is 36.9 Å². The van der Waals surface area contributed by atoms with Crippen molar-refractivity contribution >= 4 is 23.2 Å². The van der Waals surface area contributed by atoms with Gasteiger partial charge in [-0.05, 0) is 43.3 Å². The molecule has 1 atom stereocenters. The van der Waals surface area contributed by atoms with Crippen LogP contribution in [0, 0.1) is 0 Å². The summed E-state index contributed by atoms with van der Waals surface area (Å²) in [6, 6.07) is 16.7. The Bertz CT molecular complexity index is 702. The molecule has 2 aromatic carbocycles. The summed E-state index contributed by atoms with van der Waals surface area (Å²) in [6.07, 6.45) is 0. The molecule has 6 heteroatoms. The second kappa shape index (κ2) is 10.2. The molecular formula is C20H26N3O3+. The average molecular weight is 356 g/mol. The first-order valence-corrected chi connectivity index (χ1v) is 8.75. The van der Waals surface area contributed by atoms with E-state index in [4.69, 9.17) is 4.74 Å². The SMILES string of the molecule is CC[NH+](CCOc1ccccc1)CC(=O)Nc1ccc(NC(C)=O)cc1. The Morgan fingerprint density at radius 2 is 1.58 bits per heavy atom. The van der Waals surface area contributed by atoms with E-state index < -0.39 is 0 Å². The Morgan fingerprint density at radius 1 is 0.962 bits per heavy atom. The molecular weight excluding hydrogens is 330 g/mol. The monoisotopic (exact) mass is 356 g/mol. The number of hydrogen-bond acceptors (Lipinski definition) is 3. The van der Waals surface area contributed by atoms with Gasteiger partial charge in [-0.1, -0.05) is 18.2 Å². The normalized spacial score (nSPS) is 11.5. The molecule has 0 saturated carbocycles. The van der Waals surface area contributed by atoms with Crippen molar-refractivity contribution in [1.29, 1.82) is 0 Å². The summed E-state index contributed by atoms with van der Waals surface area (Å²) in [5.74, 6) is 0.669. The Labute approximate surface area is 154 Å². The molecule has 0 fully saturated rings. The van der Waals surface area contributed by atoms with Crippen LogP contribution in [0.15, 0.2) is 54.6 Å². The van der Waals surface area contributed by atoms with Crippen molar-refractivity contribution < 1.29 is 19.2 Å². The molecule has 0 aromatic heterocycles. The second-order valence-electron chi connectivity index (χ2n) is 6.00. The molecule has 0 aliphatic rings. The van der Waals surface area contributed by atoms with Gasteiger partial charge in [-0.2, -0.15) is 0 Å². The maximum atomic E-state index is 12.2. The fourth-order valence-electron chi connectivity index (χ4n) is 2.49. The summed E-state index contributed by atoms with van der Waals surface area (Å²) in [5, 5.41) is 5.58. The summed E-state index contributed by atoms with van der Waals surface area (Å²) >= 11 is 0. The molecule has 2 aromatic rings. The van der Waals surface area contributed by atoms with E-state index in [0.29, 0.717) is 24.5 Å². The van der Waals surface area contributed by atoms with Gasteiger partial charge >= 0.3 is 0 Å². The third-order valence-electron chi connectivity index (χ3n) is 3.87. The van der Waals surface area contributed by atoms with E-state index >= 15 is 0 Å². The number of benzene rings is 2. The third kappa shape index (κ3) is 6.94. The lowest BCUT2D eigenvalue weighted by atomic mass is 10.2.